The zero-order valence-electron chi connectivity index (χ0n) is 13.3. The highest BCUT2D eigenvalue weighted by atomic mass is 35.5. The van der Waals surface area contributed by atoms with Crippen LogP contribution in [0.2, 0.25) is 0 Å². The Kier molecular flexibility index (Phi) is 5.65. The van der Waals surface area contributed by atoms with Gasteiger partial charge in [-0.2, -0.15) is 11.3 Å². The largest absolute Gasteiger partial charge is 0.383 e. The van der Waals surface area contributed by atoms with E-state index in [0.717, 1.165) is 30.9 Å². The molecule has 0 radical (unpaired) electrons. The summed E-state index contributed by atoms with van der Waals surface area (Å²) in [4.78, 5) is 24.5. The van der Waals surface area contributed by atoms with E-state index >= 15 is 0 Å². The lowest BCUT2D eigenvalue weighted by molar-refractivity contribution is -0.130. The van der Waals surface area contributed by atoms with Gasteiger partial charge in [-0.15, -0.1) is 11.6 Å². The number of piperazine rings is 1. The van der Waals surface area contributed by atoms with Gasteiger partial charge in [-0.25, -0.2) is 9.97 Å². The molecule has 3 rings (SSSR count). The number of rotatable bonds is 5. The predicted molar refractivity (Wildman–Crippen MR) is 96.1 cm³/mol. The third-order valence-corrected chi connectivity index (χ3v) is 5.09. The quantitative estimate of drug-likeness (QED) is 0.814. The fraction of sp³-hybridized carbons (Fsp3) is 0.438. The molecule has 1 amide bonds. The Morgan fingerprint density at radius 1 is 1.33 bits per heavy atom. The molecule has 2 aromatic heterocycles. The fourth-order valence-corrected chi connectivity index (χ4v) is 3.56. The Labute approximate surface area is 150 Å². The molecule has 1 aliphatic heterocycles. The Morgan fingerprint density at radius 3 is 2.75 bits per heavy atom. The Balaban J connectivity index is 1.56. The SMILES string of the molecule is Nc1nc(CN2CCN(C(=O)CCl)CC2)ncc1Cc1ccsc1. The summed E-state index contributed by atoms with van der Waals surface area (Å²) in [5.74, 6) is 1.31. The molecular formula is C16H20ClN5OS. The van der Waals surface area contributed by atoms with E-state index < -0.39 is 0 Å². The summed E-state index contributed by atoms with van der Waals surface area (Å²) in [7, 11) is 0. The van der Waals surface area contributed by atoms with Gasteiger partial charge < -0.3 is 10.6 Å². The van der Waals surface area contributed by atoms with Gasteiger partial charge in [0.2, 0.25) is 5.91 Å². The molecule has 24 heavy (non-hydrogen) atoms. The maximum absolute atomic E-state index is 11.6. The number of hydrogen-bond acceptors (Lipinski definition) is 6. The van der Waals surface area contributed by atoms with E-state index in [-0.39, 0.29) is 11.8 Å². The molecule has 8 heteroatoms. The molecule has 0 bridgehead atoms. The number of amides is 1. The fourth-order valence-electron chi connectivity index (χ4n) is 2.72. The van der Waals surface area contributed by atoms with E-state index in [4.69, 9.17) is 17.3 Å². The average Bonchev–Trinajstić information content (AvgIpc) is 3.10. The number of aromatic nitrogens is 2. The lowest BCUT2D eigenvalue weighted by Gasteiger charge is -2.34. The number of hydrogen-bond donors (Lipinski definition) is 1. The monoisotopic (exact) mass is 365 g/mol. The van der Waals surface area contributed by atoms with E-state index in [1.807, 2.05) is 6.20 Å². The van der Waals surface area contributed by atoms with Crippen molar-refractivity contribution < 1.29 is 4.79 Å². The van der Waals surface area contributed by atoms with Crippen molar-refractivity contribution in [3.8, 4) is 0 Å². The average molecular weight is 366 g/mol. The zero-order chi connectivity index (χ0) is 16.9. The van der Waals surface area contributed by atoms with Crippen molar-refractivity contribution in [2.75, 3.05) is 37.8 Å². The van der Waals surface area contributed by atoms with Crippen LogP contribution < -0.4 is 5.73 Å². The van der Waals surface area contributed by atoms with Crippen LogP contribution in [-0.2, 0) is 17.8 Å². The molecule has 3 heterocycles. The van der Waals surface area contributed by atoms with Gasteiger partial charge in [0.25, 0.3) is 0 Å². The van der Waals surface area contributed by atoms with Crippen molar-refractivity contribution in [2.45, 2.75) is 13.0 Å². The third-order valence-electron chi connectivity index (χ3n) is 4.13. The summed E-state index contributed by atoms with van der Waals surface area (Å²) in [6, 6.07) is 2.08. The molecule has 0 spiro atoms. The molecular weight excluding hydrogens is 346 g/mol. The van der Waals surface area contributed by atoms with E-state index in [1.54, 1.807) is 16.2 Å². The highest BCUT2D eigenvalue weighted by Crippen LogP contribution is 2.16. The smallest absolute Gasteiger partial charge is 0.237 e. The molecule has 0 aromatic carbocycles. The Bertz CT molecular complexity index is 686. The maximum atomic E-state index is 11.6. The van der Waals surface area contributed by atoms with Gasteiger partial charge in [0.05, 0.1) is 6.54 Å². The number of carbonyl (C=O) groups excluding carboxylic acids is 1. The van der Waals surface area contributed by atoms with E-state index in [0.29, 0.717) is 25.5 Å². The van der Waals surface area contributed by atoms with Crippen LogP contribution in [0.5, 0.6) is 0 Å². The molecule has 0 unspecified atom stereocenters. The first kappa shape index (κ1) is 17.1. The number of nitrogens with zero attached hydrogens (tertiary/aromatic N) is 4. The van der Waals surface area contributed by atoms with Crippen molar-refractivity contribution in [1.82, 2.24) is 19.8 Å². The van der Waals surface area contributed by atoms with Gasteiger partial charge >= 0.3 is 0 Å². The molecule has 0 atom stereocenters. The summed E-state index contributed by atoms with van der Waals surface area (Å²) < 4.78 is 0. The predicted octanol–water partition coefficient (Wildman–Crippen LogP) is 1.59. The van der Waals surface area contributed by atoms with Crippen LogP contribution in [0.4, 0.5) is 5.82 Å². The topological polar surface area (TPSA) is 75.3 Å². The van der Waals surface area contributed by atoms with E-state index in [1.165, 1.54) is 5.56 Å². The van der Waals surface area contributed by atoms with Gasteiger partial charge in [0.1, 0.15) is 17.5 Å². The molecule has 128 valence electrons. The van der Waals surface area contributed by atoms with Crippen molar-refractivity contribution in [2.24, 2.45) is 0 Å². The minimum absolute atomic E-state index is 0.00501. The van der Waals surface area contributed by atoms with Crippen LogP contribution in [0, 0.1) is 0 Å². The van der Waals surface area contributed by atoms with Crippen molar-refractivity contribution in [3.63, 3.8) is 0 Å². The molecule has 1 fully saturated rings. The lowest BCUT2D eigenvalue weighted by atomic mass is 10.1. The summed E-state index contributed by atoms with van der Waals surface area (Å²) in [6.45, 7) is 3.62. The Hall–Kier alpha value is -1.70. The third kappa shape index (κ3) is 4.23. The van der Waals surface area contributed by atoms with Gasteiger partial charge in [-0.05, 0) is 22.4 Å². The normalized spacial score (nSPS) is 15.6. The first-order valence-electron chi connectivity index (χ1n) is 7.83. The molecule has 1 aliphatic rings. The second-order valence-electron chi connectivity index (χ2n) is 5.80. The number of thiophene rings is 1. The summed E-state index contributed by atoms with van der Waals surface area (Å²) in [5, 5.41) is 4.16. The number of nitrogen functional groups attached to an aromatic ring is 1. The minimum Gasteiger partial charge on any atom is -0.383 e. The van der Waals surface area contributed by atoms with E-state index in [9.17, 15) is 4.79 Å². The van der Waals surface area contributed by atoms with Crippen LogP contribution in [0.15, 0.2) is 23.0 Å². The summed E-state index contributed by atoms with van der Waals surface area (Å²) >= 11 is 7.27. The van der Waals surface area contributed by atoms with Crippen molar-refractivity contribution in [1.29, 1.82) is 0 Å². The molecule has 6 nitrogen and oxygen atoms in total. The highest BCUT2D eigenvalue weighted by Gasteiger charge is 2.21. The summed E-state index contributed by atoms with van der Waals surface area (Å²) in [6.07, 6.45) is 2.58. The Morgan fingerprint density at radius 2 is 2.12 bits per heavy atom. The molecule has 0 saturated carbocycles. The van der Waals surface area contributed by atoms with Crippen LogP contribution in [0.1, 0.15) is 17.0 Å². The highest BCUT2D eigenvalue weighted by molar-refractivity contribution is 7.07. The second kappa shape index (κ2) is 7.92. The first-order chi connectivity index (χ1) is 11.7. The number of halogens is 1. The second-order valence-corrected chi connectivity index (χ2v) is 6.84. The first-order valence-corrected chi connectivity index (χ1v) is 9.31. The van der Waals surface area contributed by atoms with E-state index in [2.05, 4.69) is 31.7 Å². The van der Waals surface area contributed by atoms with Gasteiger partial charge in [-0.3, -0.25) is 9.69 Å². The van der Waals surface area contributed by atoms with Crippen LogP contribution in [0.3, 0.4) is 0 Å². The number of alkyl halides is 1. The molecule has 1 saturated heterocycles. The lowest BCUT2D eigenvalue weighted by Crippen LogP contribution is -2.48. The standard InChI is InChI=1S/C16H20ClN5OS/c17-8-15(23)22-4-2-21(3-5-22)10-14-19-9-13(16(18)20-14)7-12-1-6-24-11-12/h1,6,9,11H,2-5,7-8,10H2,(H2,18,19,20). The number of nitrogens with two attached hydrogens (primary N) is 1. The van der Waals surface area contributed by atoms with Gasteiger partial charge in [0.15, 0.2) is 0 Å². The number of anilines is 1. The van der Waals surface area contributed by atoms with Crippen LogP contribution >= 0.6 is 22.9 Å². The van der Waals surface area contributed by atoms with Crippen molar-refractivity contribution >= 4 is 34.7 Å². The van der Waals surface area contributed by atoms with Crippen LogP contribution in [-0.4, -0.2) is 57.7 Å². The zero-order valence-corrected chi connectivity index (χ0v) is 14.9. The van der Waals surface area contributed by atoms with Crippen molar-refractivity contribution in [3.05, 3.63) is 40.0 Å². The van der Waals surface area contributed by atoms with Crippen LogP contribution in [0.25, 0.3) is 0 Å². The molecule has 0 aliphatic carbocycles. The number of carbonyl (C=O) groups is 1. The summed E-state index contributed by atoms with van der Waals surface area (Å²) in [5.41, 5.74) is 8.27. The molecule has 2 N–H and O–H groups in total. The minimum atomic E-state index is -0.00501. The van der Waals surface area contributed by atoms with Gasteiger partial charge in [-0.1, -0.05) is 0 Å². The molecule has 2 aromatic rings. The van der Waals surface area contributed by atoms with Gasteiger partial charge in [0, 0.05) is 44.4 Å². The maximum Gasteiger partial charge on any atom is 0.237 e.